The van der Waals surface area contributed by atoms with Gasteiger partial charge in [-0.3, -0.25) is 4.79 Å². The van der Waals surface area contributed by atoms with Gasteiger partial charge in [0.1, 0.15) is 0 Å². The van der Waals surface area contributed by atoms with Crippen molar-refractivity contribution in [3.8, 4) is 0 Å². The van der Waals surface area contributed by atoms with Crippen LogP contribution in [0.15, 0.2) is 23.1 Å². The van der Waals surface area contributed by atoms with Gasteiger partial charge in [-0.15, -0.1) is 0 Å². The fourth-order valence-electron chi connectivity index (χ4n) is 2.71. The third kappa shape index (κ3) is 4.16. The van der Waals surface area contributed by atoms with Crippen LogP contribution in [0, 0.1) is 12.8 Å². The third-order valence-corrected chi connectivity index (χ3v) is 6.66. The normalized spacial score (nSPS) is 17.7. The Hall–Kier alpha value is -1.40. The molecule has 0 saturated carbocycles. The second-order valence-electron chi connectivity index (χ2n) is 6.95. The Morgan fingerprint density at radius 3 is 2.33 bits per heavy atom. The lowest BCUT2D eigenvalue weighted by Crippen LogP contribution is -2.37. The van der Waals surface area contributed by atoms with Crippen molar-refractivity contribution in [1.82, 2.24) is 9.62 Å². The van der Waals surface area contributed by atoms with E-state index in [1.807, 2.05) is 27.7 Å². The minimum absolute atomic E-state index is 0.0271. The lowest BCUT2D eigenvalue weighted by Gasteiger charge is -2.26. The summed E-state index contributed by atoms with van der Waals surface area (Å²) in [5, 5.41) is 2.95. The number of carbonyl (C=O) groups is 1. The molecular weight excluding hydrogens is 324 g/mol. The van der Waals surface area contributed by atoms with Gasteiger partial charge in [0.25, 0.3) is 5.91 Å². The minimum atomic E-state index is -3.53. The molecule has 6 heteroatoms. The summed E-state index contributed by atoms with van der Waals surface area (Å²) >= 11 is 0. The van der Waals surface area contributed by atoms with E-state index in [1.165, 1.54) is 10.4 Å². The van der Waals surface area contributed by atoms with Gasteiger partial charge >= 0.3 is 0 Å². The van der Waals surface area contributed by atoms with E-state index in [-0.39, 0.29) is 16.8 Å². The van der Waals surface area contributed by atoms with Crippen molar-refractivity contribution in [2.45, 2.75) is 57.9 Å². The van der Waals surface area contributed by atoms with Crippen LogP contribution in [0.2, 0.25) is 0 Å². The summed E-state index contributed by atoms with van der Waals surface area (Å²) in [5.41, 5.74) is 1.21. The minimum Gasteiger partial charge on any atom is -0.349 e. The molecule has 24 heavy (non-hydrogen) atoms. The van der Waals surface area contributed by atoms with Crippen LogP contribution >= 0.6 is 0 Å². The predicted molar refractivity (Wildman–Crippen MR) is 95.6 cm³/mol. The largest absolute Gasteiger partial charge is 0.349 e. The molecule has 0 bridgehead atoms. The Morgan fingerprint density at radius 1 is 1.12 bits per heavy atom. The maximum atomic E-state index is 12.8. The second kappa shape index (κ2) is 7.66. The highest BCUT2D eigenvalue weighted by molar-refractivity contribution is 7.89. The topological polar surface area (TPSA) is 66.5 Å². The van der Waals surface area contributed by atoms with Crippen molar-refractivity contribution < 1.29 is 13.2 Å². The number of hydrogen-bond acceptors (Lipinski definition) is 3. The molecule has 5 nitrogen and oxygen atoms in total. The number of benzene rings is 1. The molecule has 0 unspecified atom stereocenters. The van der Waals surface area contributed by atoms with Gasteiger partial charge in [-0.05, 0) is 50.3 Å². The molecular formula is C18H28N2O3S. The number of nitrogens with zero attached hydrogens (tertiary/aromatic N) is 1. The molecule has 1 amide bonds. The van der Waals surface area contributed by atoms with Crippen LogP contribution in [-0.2, 0) is 10.0 Å². The van der Waals surface area contributed by atoms with E-state index < -0.39 is 10.0 Å². The number of piperidine rings is 1. The smallest absolute Gasteiger partial charge is 0.251 e. The first-order valence-electron chi connectivity index (χ1n) is 8.65. The van der Waals surface area contributed by atoms with Crippen LogP contribution in [0.5, 0.6) is 0 Å². The Labute approximate surface area is 145 Å². The fraction of sp³-hybridized carbons (Fsp3) is 0.611. The predicted octanol–water partition coefficient (Wildman–Crippen LogP) is 2.94. The highest BCUT2D eigenvalue weighted by atomic mass is 32.2. The molecule has 1 aliphatic rings. The molecule has 1 saturated heterocycles. The van der Waals surface area contributed by atoms with E-state index in [2.05, 4.69) is 5.32 Å². The second-order valence-corrected chi connectivity index (χ2v) is 8.89. The van der Waals surface area contributed by atoms with Gasteiger partial charge < -0.3 is 5.32 Å². The summed E-state index contributed by atoms with van der Waals surface area (Å²) in [5.74, 6) is 0.0962. The molecule has 1 N–H and O–H groups in total. The monoisotopic (exact) mass is 352 g/mol. The van der Waals surface area contributed by atoms with Gasteiger partial charge in [0.2, 0.25) is 10.0 Å². The van der Waals surface area contributed by atoms with Gasteiger partial charge in [0, 0.05) is 24.7 Å². The number of hydrogen-bond donors (Lipinski definition) is 1. The van der Waals surface area contributed by atoms with Crippen LogP contribution in [0.3, 0.4) is 0 Å². The standard InChI is InChI=1S/C18H28N2O3S/c1-13(2)15(4)19-18(21)17-12-16(9-8-14(17)3)24(22,23)20-10-6-5-7-11-20/h8-9,12-13,15H,5-7,10-11H2,1-4H3,(H,19,21)/t15-/m1/s1. The Kier molecular flexibility index (Phi) is 6.04. The van der Waals surface area contributed by atoms with E-state index in [1.54, 1.807) is 12.1 Å². The molecule has 1 aliphatic heterocycles. The van der Waals surface area contributed by atoms with Gasteiger partial charge in [-0.2, -0.15) is 4.31 Å². The number of amides is 1. The average molecular weight is 352 g/mol. The summed E-state index contributed by atoms with van der Waals surface area (Å²) in [4.78, 5) is 12.7. The number of rotatable bonds is 5. The van der Waals surface area contributed by atoms with Gasteiger partial charge in [0.15, 0.2) is 0 Å². The summed E-state index contributed by atoms with van der Waals surface area (Å²) in [6.45, 7) is 8.97. The Bertz CT molecular complexity index is 692. The van der Waals surface area contributed by atoms with Gasteiger partial charge in [-0.25, -0.2) is 8.42 Å². The molecule has 1 fully saturated rings. The zero-order valence-electron chi connectivity index (χ0n) is 15.0. The molecule has 0 aromatic heterocycles. The van der Waals surface area contributed by atoms with Crippen LogP contribution in [-0.4, -0.2) is 37.8 Å². The summed E-state index contributed by atoms with van der Waals surface area (Å²) in [6.07, 6.45) is 2.86. The number of nitrogens with one attached hydrogen (secondary N) is 1. The molecule has 2 rings (SSSR count). The first-order chi connectivity index (χ1) is 11.2. The van der Waals surface area contributed by atoms with Crippen LogP contribution in [0.25, 0.3) is 0 Å². The third-order valence-electron chi connectivity index (χ3n) is 4.77. The number of aryl methyl sites for hydroxylation is 1. The highest BCUT2D eigenvalue weighted by Crippen LogP contribution is 2.23. The van der Waals surface area contributed by atoms with Crippen molar-refractivity contribution in [1.29, 1.82) is 0 Å². The molecule has 1 heterocycles. The van der Waals surface area contributed by atoms with Gasteiger partial charge in [0.05, 0.1) is 4.90 Å². The van der Waals surface area contributed by atoms with E-state index >= 15 is 0 Å². The maximum absolute atomic E-state index is 12.8. The Morgan fingerprint density at radius 2 is 1.75 bits per heavy atom. The van der Waals surface area contributed by atoms with Gasteiger partial charge in [-0.1, -0.05) is 26.3 Å². The first kappa shape index (κ1) is 18.9. The molecule has 0 aliphatic carbocycles. The molecule has 1 aromatic rings. The van der Waals surface area contributed by atoms with Crippen molar-refractivity contribution in [2.75, 3.05) is 13.1 Å². The van der Waals surface area contributed by atoms with Crippen molar-refractivity contribution in [3.05, 3.63) is 29.3 Å². The molecule has 1 atom stereocenters. The molecule has 1 aromatic carbocycles. The lowest BCUT2D eigenvalue weighted by atomic mass is 10.0. The van der Waals surface area contributed by atoms with Crippen molar-refractivity contribution in [3.63, 3.8) is 0 Å². The molecule has 134 valence electrons. The van der Waals surface area contributed by atoms with E-state index in [0.29, 0.717) is 24.6 Å². The summed E-state index contributed by atoms with van der Waals surface area (Å²) < 4.78 is 27.1. The number of sulfonamides is 1. The lowest BCUT2D eigenvalue weighted by molar-refractivity contribution is 0.0929. The summed E-state index contributed by atoms with van der Waals surface area (Å²) in [7, 11) is -3.53. The van der Waals surface area contributed by atoms with E-state index in [0.717, 1.165) is 24.8 Å². The Balaban J connectivity index is 2.29. The fourth-order valence-corrected chi connectivity index (χ4v) is 4.26. The quantitative estimate of drug-likeness (QED) is 0.886. The highest BCUT2D eigenvalue weighted by Gasteiger charge is 2.27. The van der Waals surface area contributed by atoms with Crippen LogP contribution in [0.4, 0.5) is 0 Å². The van der Waals surface area contributed by atoms with E-state index in [4.69, 9.17) is 0 Å². The zero-order valence-corrected chi connectivity index (χ0v) is 15.8. The zero-order chi connectivity index (χ0) is 17.9. The van der Waals surface area contributed by atoms with Crippen molar-refractivity contribution in [2.24, 2.45) is 5.92 Å². The summed E-state index contributed by atoms with van der Waals surface area (Å²) in [6, 6.07) is 4.86. The first-order valence-corrected chi connectivity index (χ1v) is 10.1. The molecule has 0 radical (unpaired) electrons. The van der Waals surface area contributed by atoms with Crippen LogP contribution < -0.4 is 5.32 Å². The maximum Gasteiger partial charge on any atom is 0.251 e. The molecule has 0 spiro atoms. The number of carbonyl (C=O) groups excluding carboxylic acids is 1. The van der Waals surface area contributed by atoms with E-state index in [9.17, 15) is 13.2 Å². The average Bonchev–Trinajstić information content (AvgIpc) is 2.55. The van der Waals surface area contributed by atoms with Crippen LogP contribution in [0.1, 0.15) is 56.0 Å². The SMILES string of the molecule is Cc1ccc(S(=O)(=O)N2CCCCC2)cc1C(=O)N[C@H](C)C(C)C. The van der Waals surface area contributed by atoms with Crippen molar-refractivity contribution >= 4 is 15.9 Å².